The van der Waals surface area contributed by atoms with Crippen LogP contribution in [0.1, 0.15) is 64.2 Å². The van der Waals surface area contributed by atoms with Crippen molar-refractivity contribution in [3.8, 4) is 0 Å². The molecule has 0 aromatic heterocycles. The first-order valence-electron chi connectivity index (χ1n) is 9.46. The second-order valence-corrected chi connectivity index (χ2v) is 6.62. The Morgan fingerprint density at radius 1 is 0.808 bits per heavy atom. The van der Waals surface area contributed by atoms with E-state index in [1.165, 1.54) is 0 Å². The maximum absolute atomic E-state index is 11.6. The highest BCUT2D eigenvalue weighted by Gasteiger charge is 2.24. The Labute approximate surface area is 153 Å². The number of esters is 1. The third-order valence-corrected chi connectivity index (χ3v) is 4.39. The molecule has 148 valence electrons. The van der Waals surface area contributed by atoms with Crippen LogP contribution in [-0.4, -0.2) is 50.3 Å². The summed E-state index contributed by atoms with van der Waals surface area (Å²) in [5.74, 6) is -0.157. The molecule has 8 heteroatoms. The van der Waals surface area contributed by atoms with Gasteiger partial charge in [-0.2, -0.15) is 0 Å². The lowest BCUT2D eigenvalue weighted by atomic mass is 10.1. The van der Waals surface area contributed by atoms with Gasteiger partial charge in [-0.3, -0.25) is 4.79 Å². The summed E-state index contributed by atoms with van der Waals surface area (Å²) in [6, 6.07) is 0. The molecule has 26 heavy (non-hydrogen) atoms. The Morgan fingerprint density at radius 2 is 1.35 bits per heavy atom. The zero-order chi connectivity index (χ0) is 18.6. The second-order valence-electron chi connectivity index (χ2n) is 6.62. The molecule has 0 aromatic carbocycles. The Kier molecular flexibility index (Phi) is 9.06. The summed E-state index contributed by atoms with van der Waals surface area (Å²) in [7, 11) is 0. The van der Waals surface area contributed by atoms with Crippen molar-refractivity contribution in [2.45, 2.75) is 76.4 Å². The van der Waals surface area contributed by atoms with Gasteiger partial charge >= 0.3 is 18.3 Å². The molecule has 0 aliphatic carbocycles. The van der Waals surface area contributed by atoms with Gasteiger partial charge in [0.2, 0.25) is 0 Å². The average Bonchev–Trinajstić information content (AvgIpc) is 3.22. The van der Waals surface area contributed by atoms with E-state index < -0.39 is 12.3 Å². The Balaban J connectivity index is 1.32. The predicted molar refractivity (Wildman–Crippen MR) is 89.6 cm³/mol. The summed E-state index contributed by atoms with van der Waals surface area (Å²) in [6.07, 6.45) is 7.10. The largest absolute Gasteiger partial charge is 0.508 e. The number of unbranched alkanes of at least 4 members (excludes halogenated alkanes) is 5. The molecule has 2 aliphatic heterocycles. The number of carbonyl (C=O) groups is 3. The van der Waals surface area contributed by atoms with Crippen molar-refractivity contribution in [3.05, 3.63) is 0 Å². The quantitative estimate of drug-likeness (QED) is 0.275. The predicted octanol–water partition coefficient (Wildman–Crippen LogP) is 3.50. The summed E-state index contributed by atoms with van der Waals surface area (Å²) in [5.41, 5.74) is 0. The topological polar surface area (TPSA) is 97.4 Å². The maximum atomic E-state index is 11.6. The van der Waals surface area contributed by atoms with E-state index in [0.29, 0.717) is 26.2 Å². The fourth-order valence-electron chi connectivity index (χ4n) is 2.92. The summed E-state index contributed by atoms with van der Waals surface area (Å²) in [6.45, 7) is 1.09. The number of hydrogen-bond donors (Lipinski definition) is 0. The van der Waals surface area contributed by atoms with E-state index in [2.05, 4.69) is 0 Å². The first-order chi connectivity index (χ1) is 12.6. The molecule has 0 saturated carbocycles. The van der Waals surface area contributed by atoms with Crippen molar-refractivity contribution < 1.29 is 38.1 Å². The fourth-order valence-corrected chi connectivity index (χ4v) is 2.92. The molecule has 8 nitrogen and oxygen atoms in total. The SMILES string of the molecule is O=C(CCCCCCCC1COC(=O)O1)OCCCCC1COC(=O)O1. The van der Waals surface area contributed by atoms with Crippen molar-refractivity contribution in [2.75, 3.05) is 19.8 Å². The normalized spacial score (nSPS) is 21.7. The minimum atomic E-state index is -0.600. The van der Waals surface area contributed by atoms with Gasteiger partial charge in [0.05, 0.1) is 6.61 Å². The van der Waals surface area contributed by atoms with E-state index in [9.17, 15) is 14.4 Å². The van der Waals surface area contributed by atoms with E-state index in [1.807, 2.05) is 0 Å². The van der Waals surface area contributed by atoms with Crippen molar-refractivity contribution in [1.82, 2.24) is 0 Å². The van der Waals surface area contributed by atoms with Crippen LogP contribution in [0.5, 0.6) is 0 Å². The van der Waals surface area contributed by atoms with Crippen LogP contribution in [0.25, 0.3) is 0 Å². The summed E-state index contributed by atoms with van der Waals surface area (Å²) in [5, 5.41) is 0. The first kappa shape index (κ1) is 20.3. The van der Waals surface area contributed by atoms with Crippen molar-refractivity contribution in [1.29, 1.82) is 0 Å². The minimum Gasteiger partial charge on any atom is -0.466 e. The molecular formula is C18H28O8. The highest BCUT2D eigenvalue weighted by atomic mass is 16.8. The fraction of sp³-hybridized carbons (Fsp3) is 0.833. The zero-order valence-corrected chi connectivity index (χ0v) is 15.1. The lowest BCUT2D eigenvalue weighted by molar-refractivity contribution is -0.143. The summed E-state index contributed by atoms with van der Waals surface area (Å²) in [4.78, 5) is 33.1. The molecule has 2 saturated heterocycles. The molecular weight excluding hydrogens is 344 g/mol. The van der Waals surface area contributed by atoms with Crippen LogP contribution >= 0.6 is 0 Å². The zero-order valence-electron chi connectivity index (χ0n) is 15.1. The first-order valence-corrected chi connectivity index (χ1v) is 9.46. The van der Waals surface area contributed by atoms with E-state index in [0.717, 1.165) is 57.8 Å². The smallest absolute Gasteiger partial charge is 0.466 e. The van der Waals surface area contributed by atoms with E-state index in [-0.39, 0.29) is 18.2 Å². The minimum absolute atomic E-state index is 0.0919. The second kappa shape index (κ2) is 11.6. The molecule has 0 radical (unpaired) electrons. The number of carbonyl (C=O) groups excluding carboxylic acids is 3. The monoisotopic (exact) mass is 372 g/mol. The van der Waals surface area contributed by atoms with Crippen LogP contribution in [0.2, 0.25) is 0 Å². The third kappa shape index (κ3) is 8.40. The van der Waals surface area contributed by atoms with Gasteiger partial charge in [0.15, 0.2) is 0 Å². The molecule has 0 spiro atoms. The van der Waals surface area contributed by atoms with Gasteiger partial charge in [0.1, 0.15) is 25.4 Å². The van der Waals surface area contributed by atoms with Gasteiger partial charge in [0, 0.05) is 6.42 Å². The third-order valence-electron chi connectivity index (χ3n) is 4.39. The molecule has 2 aliphatic rings. The number of ether oxygens (including phenoxy) is 5. The highest BCUT2D eigenvalue weighted by Crippen LogP contribution is 2.15. The van der Waals surface area contributed by atoms with Gasteiger partial charge in [0.25, 0.3) is 0 Å². The van der Waals surface area contributed by atoms with Crippen LogP contribution in [0.4, 0.5) is 9.59 Å². The number of hydrogen-bond acceptors (Lipinski definition) is 8. The number of rotatable bonds is 13. The van der Waals surface area contributed by atoms with Crippen LogP contribution in [0.15, 0.2) is 0 Å². The molecule has 2 fully saturated rings. The van der Waals surface area contributed by atoms with Crippen LogP contribution in [0, 0.1) is 0 Å². The molecule has 0 N–H and O–H groups in total. The van der Waals surface area contributed by atoms with Crippen LogP contribution in [0.3, 0.4) is 0 Å². The van der Waals surface area contributed by atoms with E-state index >= 15 is 0 Å². The highest BCUT2D eigenvalue weighted by molar-refractivity contribution is 5.69. The van der Waals surface area contributed by atoms with Crippen LogP contribution < -0.4 is 0 Å². The average molecular weight is 372 g/mol. The lowest BCUT2D eigenvalue weighted by Crippen LogP contribution is -2.10. The summed E-state index contributed by atoms with van der Waals surface area (Å²) < 4.78 is 24.5. The molecule has 0 amide bonds. The Bertz CT molecular complexity index is 464. The van der Waals surface area contributed by atoms with E-state index in [1.54, 1.807) is 0 Å². The molecule has 2 atom stereocenters. The Morgan fingerprint density at radius 3 is 1.92 bits per heavy atom. The Hall–Kier alpha value is -1.99. The number of cyclic esters (lactones) is 4. The van der Waals surface area contributed by atoms with Gasteiger partial charge < -0.3 is 23.7 Å². The lowest BCUT2D eigenvalue weighted by Gasteiger charge is -2.07. The maximum Gasteiger partial charge on any atom is 0.508 e. The van der Waals surface area contributed by atoms with Gasteiger partial charge in [-0.1, -0.05) is 19.3 Å². The molecule has 2 heterocycles. The molecule has 2 unspecified atom stereocenters. The van der Waals surface area contributed by atoms with Crippen molar-refractivity contribution >= 4 is 18.3 Å². The van der Waals surface area contributed by atoms with Gasteiger partial charge in [-0.25, -0.2) is 9.59 Å². The van der Waals surface area contributed by atoms with E-state index in [4.69, 9.17) is 23.7 Å². The summed E-state index contributed by atoms with van der Waals surface area (Å²) >= 11 is 0. The molecule has 2 rings (SSSR count). The van der Waals surface area contributed by atoms with Gasteiger partial charge in [-0.05, 0) is 38.5 Å². The van der Waals surface area contributed by atoms with Crippen molar-refractivity contribution in [3.63, 3.8) is 0 Å². The standard InChI is InChI=1S/C18H28O8/c19-16(22-11-7-6-9-15-13-24-18(21)26-15)10-5-3-1-2-4-8-14-12-23-17(20)25-14/h14-15H,1-13H2. The van der Waals surface area contributed by atoms with Gasteiger partial charge in [-0.15, -0.1) is 0 Å². The molecule has 0 bridgehead atoms. The van der Waals surface area contributed by atoms with Crippen LogP contribution in [-0.2, 0) is 28.5 Å². The van der Waals surface area contributed by atoms with Crippen molar-refractivity contribution in [2.24, 2.45) is 0 Å². The molecule has 0 aromatic rings.